The van der Waals surface area contributed by atoms with Crippen LogP contribution in [-0.4, -0.2) is 26.6 Å². The van der Waals surface area contributed by atoms with Crippen LogP contribution in [0.5, 0.6) is 0 Å². The Balaban J connectivity index is 1.33. The number of carbonyl (C=O) groups is 1. The summed E-state index contributed by atoms with van der Waals surface area (Å²) in [5.41, 5.74) is 0.562. The maximum atomic E-state index is 15.2. The molecule has 0 radical (unpaired) electrons. The second-order valence-electron chi connectivity index (χ2n) is 7.34. The fourth-order valence-electron chi connectivity index (χ4n) is 3.26. The monoisotopic (exact) mass is 464 g/mol. The molecule has 1 aliphatic carbocycles. The average molecular weight is 465 g/mol. The zero-order valence-electron chi connectivity index (χ0n) is 16.4. The SMILES string of the molecule is N#Cc1ccsc1-c1ccc2nc(Cc3nnc(CC(=O)NC4(C#N)CC4)o3)sc2c1F. The number of thiazole rings is 1. The van der Waals surface area contributed by atoms with Crippen molar-refractivity contribution in [3.05, 3.63) is 51.7 Å². The third-order valence-corrected chi connectivity index (χ3v) is 7.05. The quantitative estimate of drug-likeness (QED) is 0.460. The number of aromatic nitrogens is 3. The minimum absolute atomic E-state index is 0.115. The molecule has 1 fully saturated rings. The van der Waals surface area contributed by atoms with Crippen LogP contribution in [0.3, 0.4) is 0 Å². The molecule has 4 aromatic rings. The number of thiophene rings is 1. The van der Waals surface area contributed by atoms with E-state index in [1.54, 1.807) is 23.6 Å². The predicted octanol–water partition coefficient (Wildman–Crippen LogP) is 3.72. The molecule has 8 nitrogen and oxygen atoms in total. The minimum atomic E-state index is -0.749. The second kappa shape index (κ2) is 7.79. The summed E-state index contributed by atoms with van der Waals surface area (Å²) in [6.07, 6.45) is 1.37. The van der Waals surface area contributed by atoms with E-state index in [1.807, 2.05) is 0 Å². The van der Waals surface area contributed by atoms with Crippen LogP contribution in [0.1, 0.15) is 35.2 Å². The summed E-state index contributed by atoms with van der Waals surface area (Å²) in [6.45, 7) is 0. The van der Waals surface area contributed by atoms with Gasteiger partial charge in [0, 0.05) is 5.56 Å². The maximum absolute atomic E-state index is 15.2. The highest BCUT2D eigenvalue weighted by Crippen LogP contribution is 2.37. The Labute approximate surface area is 189 Å². The van der Waals surface area contributed by atoms with Crippen LogP contribution in [0.15, 0.2) is 28.0 Å². The van der Waals surface area contributed by atoms with Crippen molar-refractivity contribution >= 4 is 38.8 Å². The number of nitrogens with one attached hydrogen (secondary N) is 1. The molecular weight excluding hydrogens is 451 g/mol. The molecule has 5 rings (SSSR count). The number of benzene rings is 1. The molecule has 158 valence electrons. The van der Waals surface area contributed by atoms with E-state index in [-0.39, 0.29) is 30.5 Å². The van der Waals surface area contributed by atoms with E-state index in [0.29, 0.717) is 44.1 Å². The Bertz CT molecular complexity index is 1440. The highest BCUT2D eigenvalue weighted by molar-refractivity contribution is 7.18. The van der Waals surface area contributed by atoms with Crippen LogP contribution in [-0.2, 0) is 17.6 Å². The van der Waals surface area contributed by atoms with Gasteiger partial charge in [-0.3, -0.25) is 4.79 Å². The fraction of sp³-hybridized carbons (Fsp3) is 0.238. The standard InChI is InChI=1S/C21H13FN6O2S2/c22-18-12(19-11(9-23)3-6-31-19)1-2-13-20(18)32-17(25-13)8-16-28-27-15(30-16)7-14(29)26-21(10-24)4-5-21/h1-3,6H,4-5,7-8H2,(H,26,29). The molecule has 1 saturated carbocycles. The number of nitriles is 2. The molecule has 3 heterocycles. The Morgan fingerprint density at radius 3 is 2.81 bits per heavy atom. The summed E-state index contributed by atoms with van der Waals surface area (Å²) in [4.78, 5) is 17.1. The van der Waals surface area contributed by atoms with E-state index in [9.17, 15) is 10.1 Å². The molecule has 0 aliphatic heterocycles. The first-order valence-corrected chi connectivity index (χ1v) is 11.3. The van der Waals surface area contributed by atoms with Gasteiger partial charge in [-0.1, -0.05) is 0 Å². The number of hydrogen-bond donors (Lipinski definition) is 1. The van der Waals surface area contributed by atoms with E-state index in [2.05, 4.69) is 32.6 Å². The molecule has 3 aromatic heterocycles. The van der Waals surface area contributed by atoms with Crippen LogP contribution < -0.4 is 5.32 Å². The van der Waals surface area contributed by atoms with Crippen molar-refractivity contribution in [1.29, 1.82) is 10.5 Å². The van der Waals surface area contributed by atoms with Crippen molar-refractivity contribution in [2.24, 2.45) is 0 Å². The second-order valence-corrected chi connectivity index (χ2v) is 9.34. The first kappa shape index (κ1) is 20.2. The largest absolute Gasteiger partial charge is 0.424 e. The van der Waals surface area contributed by atoms with Crippen LogP contribution in [0.2, 0.25) is 0 Å². The average Bonchev–Trinajstić information content (AvgIpc) is 3.14. The molecule has 1 amide bonds. The van der Waals surface area contributed by atoms with Crippen LogP contribution in [0.25, 0.3) is 20.7 Å². The zero-order chi connectivity index (χ0) is 22.3. The molecule has 0 spiro atoms. The first-order valence-electron chi connectivity index (χ1n) is 9.60. The van der Waals surface area contributed by atoms with Gasteiger partial charge in [0.25, 0.3) is 0 Å². The summed E-state index contributed by atoms with van der Waals surface area (Å²) in [7, 11) is 0. The number of amides is 1. The highest BCUT2D eigenvalue weighted by atomic mass is 32.1. The van der Waals surface area contributed by atoms with Gasteiger partial charge < -0.3 is 9.73 Å². The Morgan fingerprint density at radius 1 is 1.25 bits per heavy atom. The van der Waals surface area contributed by atoms with Crippen molar-refractivity contribution < 1.29 is 13.6 Å². The lowest BCUT2D eigenvalue weighted by Gasteiger charge is -2.06. The number of fused-ring (bicyclic) bond motifs is 1. The lowest BCUT2D eigenvalue weighted by atomic mass is 10.1. The highest BCUT2D eigenvalue weighted by Gasteiger charge is 2.44. The van der Waals surface area contributed by atoms with Gasteiger partial charge in [-0.15, -0.1) is 32.9 Å². The van der Waals surface area contributed by atoms with E-state index >= 15 is 4.39 Å². The van der Waals surface area contributed by atoms with Gasteiger partial charge in [0.05, 0.1) is 33.1 Å². The van der Waals surface area contributed by atoms with Crippen molar-refractivity contribution in [1.82, 2.24) is 20.5 Å². The van der Waals surface area contributed by atoms with Crippen LogP contribution >= 0.6 is 22.7 Å². The van der Waals surface area contributed by atoms with Gasteiger partial charge in [-0.2, -0.15) is 10.5 Å². The third-order valence-electron chi connectivity index (χ3n) is 5.04. The number of halogens is 1. The van der Waals surface area contributed by atoms with Crippen molar-refractivity contribution in [3.63, 3.8) is 0 Å². The third kappa shape index (κ3) is 3.73. The van der Waals surface area contributed by atoms with Gasteiger partial charge in [-0.25, -0.2) is 9.37 Å². The molecule has 11 heteroatoms. The molecule has 1 aromatic carbocycles. The first-order chi connectivity index (χ1) is 15.5. The molecule has 0 bridgehead atoms. The van der Waals surface area contributed by atoms with E-state index < -0.39 is 11.4 Å². The van der Waals surface area contributed by atoms with Gasteiger partial charge >= 0.3 is 0 Å². The summed E-state index contributed by atoms with van der Waals surface area (Å²) < 4.78 is 21.1. The predicted molar refractivity (Wildman–Crippen MR) is 114 cm³/mol. The molecular formula is C21H13FN6O2S2. The van der Waals surface area contributed by atoms with E-state index in [1.165, 1.54) is 22.7 Å². The Kier molecular flexibility index (Phi) is 4.93. The molecule has 0 unspecified atom stereocenters. The molecule has 0 atom stereocenters. The summed E-state index contributed by atoms with van der Waals surface area (Å²) >= 11 is 2.49. The van der Waals surface area contributed by atoms with Crippen LogP contribution in [0.4, 0.5) is 4.39 Å². The topological polar surface area (TPSA) is 128 Å². The number of nitrogens with zero attached hydrogens (tertiary/aromatic N) is 5. The molecule has 32 heavy (non-hydrogen) atoms. The lowest BCUT2D eigenvalue weighted by molar-refractivity contribution is -0.121. The molecule has 1 N–H and O–H groups in total. The summed E-state index contributed by atoms with van der Waals surface area (Å²) in [5.74, 6) is -0.361. The van der Waals surface area contributed by atoms with Gasteiger partial charge in [0.15, 0.2) is 5.82 Å². The summed E-state index contributed by atoms with van der Waals surface area (Å²) in [5, 5.41) is 31.1. The smallest absolute Gasteiger partial charge is 0.230 e. The number of carbonyl (C=O) groups excluding carboxylic acids is 1. The van der Waals surface area contributed by atoms with E-state index in [4.69, 9.17) is 9.68 Å². The lowest BCUT2D eigenvalue weighted by Crippen LogP contribution is -2.36. The van der Waals surface area contributed by atoms with Crippen molar-refractivity contribution in [2.75, 3.05) is 0 Å². The van der Waals surface area contributed by atoms with Crippen molar-refractivity contribution in [3.8, 4) is 22.6 Å². The fourth-order valence-corrected chi connectivity index (χ4v) is 5.12. The van der Waals surface area contributed by atoms with Gasteiger partial charge in [0.1, 0.15) is 23.0 Å². The van der Waals surface area contributed by atoms with Gasteiger partial charge in [0.2, 0.25) is 17.7 Å². The maximum Gasteiger partial charge on any atom is 0.230 e. The Hall–Kier alpha value is -3.67. The molecule has 0 saturated heterocycles. The normalized spacial score (nSPS) is 14.1. The molecule has 1 aliphatic rings. The van der Waals surface area contributed by atoms with E-state index in [0.717, 1.165) is 0 Å². The number of hydrogen-bond acceptors (Lipinski definition) is 9. The minimum Gasteiger partial charge on any atom is -0.424 e. The van der Waals surface area contributed by atoms with Crippen LogP contribution in [0, 0.1) is 28.5 Å². The number of rotatable bonds is 6. The van der Waals surface area contributed by atoms with Crippen molar-refractivity contribution in [2.45, 2.75) is 31.2 Å². The van der Waals surface area contributed by atoms with Gasteiger partial charge in [-0.05, 0) is 36.4 Å². The zero-order valence-corrected chi connectivity index (χ0v) is 18.0. The Morgan fingerprint density at radius 2 is 2.06 bits per heavy atom. The summed E-state index contributed by atoms with van der Waals surface area (Å²) in [6, 6.07) is 9.19.